The van der Waals surface area contributed by atoms with Crippen molar-refractivity contribution in [3.05, 3.63) is 35.0 Å². The van der Waals surface area contributed by atoms with Crippen LogP contribution in [0.5, 0.6) is 11.5 Å². The first-order chi connectivity index (χ1) is 15.5. The highest BCUT2D eigenvalue weighted by molar-refractivity contribution is 7.99. The van der Waals surface area contributed by atoms with Gasteiger partial charge in [-0.3, -0.25) is 4.79 Å². The molecule has 1 aliphatic rings. The number of thioether (sulfide) groups is 1. The van der Waals surface area contributed by atoms with Gasteiger partial charge in [0, 0.05) is 38.8 Å². The van der Waals surface area contributed by atoms with Crippen molar-refractivity contribution in [3.8, 4) is 11.5 Å². The zero-order chi connectivity index (χ0) is 22.9. The fourth-order valence-corrected chi connectivity index (χ4v) is 4.38. The molecule has 1 amide bonds. The van der Waals surface area contributed by atoms with Gasteiger partial charge in [-0.25, -0.2) is 9.97 Å². The highest BCUT2D eigenvalue weighted by Crippen LogP contribution is 2.27. The molecular formula is C22H30ClN5O3S. The molecule has 0 unspecified atom stereocenters. The van der Waals surface area contributed by atoms with Gasteiger partial charge in [0.05, 0.1) is 20.0 Å². The van der Waals surface area contributed by atoms with E-state index in [1.807, 2.05) is 18.2 Å². The molecule has 1 aromatic carbocycles. The molecule has 10 heteroatoms. The van der Waals surface area contributed by atoms with Crippen LogP contribution < -0.4 is 19.7 Å². The molecule has 0 bridgehead atoms. The second-order valence-corrected chi connectivity index (χ2v) is 8.66. The molecule has 2 heterocycles. The zero-order valence-corrected chi connectivity index (χ0v) is 20.3. The van der Waals surface area contributed by atoms with Gasteiger partial charge >= 0.3 is 0 Å². The summed E-state index contributed by atoms with van der Waals surface area (Å²) >= 11 is 7.51. The molecule has 0 radical (unpaired) electrons. The minimum Gasteiger partial charge on any atom is -0.493 e. The Balaban J connectivity index is 1.47. The SMILES string of the molecule is CCN1CCN(c2cc(Cl)nc(SCC(=O)NCCc3ccc(OC)c(OC)c3)n2)CC1. The Labute approximate surface area is 198 Å². The lowest BCUT2D eigenvalue weighted by molar-refractivity contribution is -0.118. The van der Waals surface area contributed by atoms with E-state index in [0.29, 0.717) is 34.8 Å². The number of halogens is 1. The molecule has 0 spiro atoms. The second-order valence-electron chi connectivity index (χ2n) is 7.33. The molecule has 32 heavy (non-hydrogen) atoms. The number of rotatable bonds is 10. The van der Waals surface area contributed by atoms with Gasteiger partial charge in [0.25, 0.3) is 0 Å². The van der Waals surface area contributed by atoms with Crippen LogP contribution in [0.3, 0.4) is 0 Å². The van der Waals surface area contributed by atoms with Crippen LogP contribution in [0.15, 0.2) is 29.4 Å². The molecule has 0 saturated carbocycles. The van der Waals surface area contributed by atoms with Crippen LogP contribution >= 0.6 is 23.4 Å². The van der Waals surface area contributed by atoms with Crippen LogP contribution in [-0.2, 0) is 11.2 Å². The Kier molecular flexibility index (Phi) is 9.25. The van der Waals surface area contributed by atoms with Gasteiger partial charge in [-0.1, -0.05) is 36.4 Å². The predicted molar refractivity (Wildman–Crippen MR) is 128 cm³/mol. The fourth-order valence-electron chi connectivity index (χ4n) is 3.47. The summed E-state index contributed by atoms with van der Waals surface area (Å²) in [5, 5.41) is 3.84. The molecule has 1 N–H and O–H groups in total. The minimum atomic E-state index is -0.0721. The van der Waals surface area contributed by atoms with Gasteiger partial charge in [0.2, 0.25) is 5.91 Å². The molecule has 3 rings (SSSR count). The summed E-state index contributed by atoms with van der Waals surface area (Å²) in [6.45, 7) is 7.57. The standard InChI is InChI=1S/C22H30ClN5O3S/c1-4-27-9-11-28(12-10-27)20-14-19(23)25-22(26-20)32-15-21(29)24-8-7-16-5-6-17(30-2)18(13-16)31-3/h5-6,13-14H,4,7-12,15H2,1-3H3,(H,24,29). The van der Waals surface area contributed by atoms with E-state index in [0.717, 1.165) is 44.1 Å². The van der Waals surface area contributed by atoms with Gasteiger partial charge < -0.3 is 24.6 Å². The van der Waals surface area contributed by atoms with Crippen LogP contribution in [0.4, 0.5) is 5.82 Å². The van der Waals surface area contributed by atoms with Crippen LogP contribution in [0.1, 0.15) is 12.5 Å². The molecular weight excluding hydrogens is 450 g/mol. The maximum absolute atomic E-state index is 12.3. The number of methoxy groups -OCH3 is 2. The highest BCUT2D eigenvalue weighted by Gasteiger charge is 2.18. The lowest BCUT2D eigenvalue weighted by atomic mass is 10.1. The summed E-state index contributed by atoms with van der Waals surface area (Å²) in [4.78, 5) is 25.8. The number of aromatic nitrogens is 2. The number of hydrogen-bond acceptors (Lipinski definition) is 8. The highest BCUT2D eigenvalue weighted by atomic mass is 35.5. The number of ether oxygens (including phenoxy) is 2. The number of nitrogens with zero attached hydrogens (tertiary/aromatic N) is 4. The van der Waals surface area contributed by atoms with Gasteiger partial charge in [-0.05, 0) is 30.7 Å². The number of amides is 1. The molecule has 0 atom stereocenters. The van der Waals surface area contributed by atoms with Gasteiger partial charge in [-0.2, -0.15) is 0 Å². The summed E-state index contributed by atoms with van der Waals surface area (Å²) in [6, 6.07) is 7.53. The van der Waals surface area contributed by atoms with Gasteiger partial charge in [0.15, 0.2) is 16.7 Å². The Morgan fingerprint density at radius 2 is 1.88 bits per heavy atom. The Hall–Kier alpha value is -2.23. The molecule has 0 aliphatic carbocycles. The number of piperazine rings is 1. The van der Waals surface area contributed by atoms with Crippen LogP contribution in [0.25, 0.3) is 0 Å². The van der Waals surface area contributed by atoms with Crippen molar-refractivity contribution >= 4 is 35.1 Å². The number of carbonyl (C=O) groups excluding carboxylic acids is 1. The van der Waals surface area contributed by atoms with Crippen molar-refractivity contribution in [2.75, 3.05) is 64.1 Å². The predicted octanol–water partition coefficient (Wildman–Crippen LogP) is 2.74. The first-order valence-electron chi connectivity index (χ1n) is 10.6. The van der Waals surface area contributed by atoms with Gasteiger partial charge in [0.1, 0.15) is 11.0 Å². The van der Waals surface area contributed by atoms with Crippen LogP contribution in [0.2, 0.25) is 5.15 Å². The number of carbonyl (C=O) groups is 1. The quantitative estimate of drug-likeness (QED) is 0.316. The van der Waals surface area contributed by atoms with E-state index in [1.54, 1.807) is 20.3 Å². The third kappa shape index (κ3) is 6.88. The Morgan fingerprint density at radius 3 is 2.56 bits per heavy atom. The molecule has 174 valence electrons. The third-order valence-electron chi connectivity index (χ3n) is 5.32. The summed E-state index contributed by atoms with van der Waals surface area (Å²) in [5.74, 6) is 2.34. The summed E-state index contributed by atoms with van der Waals surface area (Å²) in [6.07, 6.45) is 0.693. The fraction of sp³-hybridized carbons (Fsp3) is 0.500. The lowest BCUT2D eigenvalue weighted by Crippen LogP contribution is -2.46. The first kappa shape index (κ1) is 24.4. The van der Waals surface area contributed by atoms with E-state index in [-0.39, 0.29) is 11.7 Å². The van der Waals surface area contributed by atoms with E-state index in [9.17, 15) is 4.79 Å². The van der Waals surface area contributed by atoms with Crippen molar-refractivity contribution in [2.24, 2.45) is 0 Å². The third-order valence-corrected chi connectivity index (χ3v) is 6.36. The molecule has 1 saturated heterocycles. The molecule has 1 fully saturated rings. The minimum absolute atomic E-state index is 0.0721. The first-order valence-corrected chi connectivity index (χ1v) is 12.0. The van der Waals surface area contributed by atoms with Crippen LogP contribution in [0, 0.1) is 0 Å². The van der Waals surface area contributed by atoms with E-state index < -0.39 is 0 Å². The smallest absolute Gasteiger partial charge is 0.230 e. The maximum atomic E-state index is 12.3. The second kappa shape index (κ2) is 12.1. The van der Waals surface area contributed by atoms with Crippen molar-refractivity contribution < 1.29 is 14.3 Å². The largest absolute Gasteiger partial charge is 0.493 e. The molecule has 2 aromatic rings. The summed E-state index contributed by atoms with van der Waals surface area (Å²) < 4.78 is 10.6. The Bertz CT molecular complexity index is 909. The number of nitrogens with one attached hydrogen (secondary N) is 1. The van der Waals surface area contributed by atoms with E-state index in [2.05, 4.69) is 32.0 Å². The van der Waals surface area contributed by atoms with Crippen molar-refractivity contribution in [1.82, 2.24) is 20.2 Å². The summed E-state index contributed by atoms with van der Waals surface area (Å²) in [7, 11) is 3.21. The summed E-state index contributed by atoms with van der Waals surface area (Å²) in [5.41, 5.74) is 1.06. The maximum Gasteiger partial charge on any atom is 0.230 e. The van der Waals surface area contributed by atoms with Crippen molar-refractivity contribution in [2.45, 2.75) is 18.5 Å². The number of likely N-dealkylation sites (N-methyl/N-ethyl adjacent to an activating group) is 1. The Morgan fingerprint density at radius 1 is 1.12 bits per heavy atom. The number of anilines is 1. The van der Waals surface area contributed by atoms with E-state index >= 15 is 0 Å². The number of hydrogen-bond donors (Lipinski definition) is 1. The zero-order valence-electron chi connectivity index (χ0n) is 18.8. The molecule has 1 aliphatic heterocycles. The van der Waals surface area contributed by atoms with E-state index in [4.69, 9.17) is 21.1 Å². The lowest BCUT2D eigenvalue weighted by Gasteiger charge is -2.34. The average Bonchev–Trinajstić information content (AvgIpc) is 2.82. The van der Waals surface area contributed by atoms with Crippen molar-refractivity contribution in [1.29, 1.82) is 0 Å². The normalized spacial score (nSPS) is 14.3. The van der Waals surface area contributed by atoms with Crippen molar-refractivity contribution in [3.63, 3.8) is 0 Å². The topological polar surface area (TPSA) is 79.8 Å². The van der Waals surface area contributed by atoms with Crippen LogP contribution in [-0.4, -0.2) is 80.0 Å². The molecule has 1 aromatic heterocycles. The number of benzene rings is 1. The van der Waals surface area contributed by atoms with E-state index in [1.165, 1.54) is 11.8 Å². The monoisotopic (exact) mass is 479 g/mol. The molecule has 8 nitrogen and oxygen atoms in total. The van der Waals surface area contributed by atoms with Gasteiger partial charge in [-0.15, -0.1) is 0 Å². The average molecular weight is 480 g/mol.